The number of nitrogens with zero attached hydrogens (tertiary/aromatic N) is 3. The summed E-state index contributed by atoms with van der Waals surface area (Å²) in [7, 11) is 0. The van der Waals surface area contributed by atoms with Crippen LogP contribution in [0.3, 0.4) is 0 Å². The molecular weight excluding hydrogens is 224 g/mol. The summed E-state index contributed by atoms with van der Waals surface area (Å²) in [4.78, 5) is 5.54. The third-order valence-electron chi connectivity index (χ3n) is 2.14. The molecule has 0 radical (unpaired) electrons. The van der Waals surface area contributed by atoms with Gasteiger partial charge in [0.05, 0.1) is 12.6 Å². The first-order chi connectivity index (χ1) is 7.65. The number of aryl methyl sites for hydroxylation is 2. The molecule has 1 N–H and O–H groups in total. The number of thiazole rings is 1. The van der Waals surface area contributed by atoms with Crippen molar-refractivity contribution in [3.05, 3.63) is 27.9 Å². The monoisotopic (exact) mass is 238 g/mol. The van der Waals surface area contributed by atoms with Crippen molar-refractivity contribution >= 4 is 11.3 Å². The van der Waals surface area contributed by atoms with E-state index in [0.717, 1.165) is 5.01 Å². The molecule has 0 aliphatic heterocycles. The molecule has 0 amide bonds. The maximum absolute atomic E-state index is 5.27. The first-order valence-electron chi connectivity index (χ1n) is 5.10. The molecule has 86 valence electrons. The zero-order chi connectivity index (χ0) is 11.5. The molecule has 0 fully saturated rings. The first-order valence-corrected chi connectivity index (χ1v) is 5.91. The molecule has 5 nitrogen and oxygen atoms in total. The third kappa shape index (κ3) is 2.65. The van der Waals surface area contributed by atoms with Crippen molar-refractivity contribution in [2.45, 2.75) is 33.4 Å². The van der Waals surface area contributed by atoms with Crippen LogP contribution in [-0.2, 0) is 6.54 Å². The van der Waals surface area contributed by atoms with Crippen LogP contribution in [0.5, 0.6) is 0 Å². The van der Waals surface area contributed by atoms with Gasteiger partial charge < -0.3 is 4.42 Å². The average Bonchev–Trinajstić information content (AvgIpc) is 2.84. The van der Waals surface area contributed by atoms with E-state index >= 15 is 0 Å². The summed E-state index contributed by atoms with van der Waals surface area (Å²) in [5, 5.41) is 12.1. The molecule has 0 bridgehead atoms. The maximum atomic E-state index is 5.27. The highest BCUT2D eigenvalue weighted by atomic mass is 32.1. The molecule has 1 unspecified atom stereocenters. The van der Waals surface area contributed by atoms with Gasteiger partial charge in [0.25, 0.3) is 0 Å². The summed E-state index contributed by atoms with van der Waals surface area (Å²) in [5.41, 5.74) is 0. The van der Waals surface area contributed by atoms with Gasteiger partial charge in [-0.25, -0.2) is 4.98 Å². The molecule has 0 spiro atoms. The number of hydrogen-bond acceptors (Lipinski definition) is 6. The minimum Gasteiger partial charge on any atom is -0.424 e. The number of rotatable bonds is 4. The normalized spacial score (nSPS) is 12.9. The lowest BCUT2D eigenvalue weighted by atomic mass is 10.3. The highest BCUT2D eigenvalue weighted by Crippen LogP contribution is 2.19. The van der Waals surface area contributed by atoms with Crippen LogP contribution >= 0.6 is 11.3 Å². The highest BCUT2D eigenvalue weighted by Gasteiger charge is 2.10. The molecule has 0 aromatic carbocycles. The predicted octanol–water partition coefficient (Wildman–Crippen LogP) is 1.99. The molecule has 0 aliphatic carbocycles. The summed E-state index contributed by atoms with van der Waals surface area (Å²) in [5.74, 6) is 1.20. The topological polar surface area (TPSA) is 63.8 Å². The van der Waals surface area contributed by atoms with E-state index in [2.05, 4.69) is 34.3 Å². The van der Waals surface area contributed by atoms with Crippen molar-refractivity contribution < 1.29 is 4.42 Å². The van der Waals surface area contributed by atoms with E-state index in [-0.39, 0.29) is 6.04 Å². The van der Waals surface area contributed by atoms with Crippen LogP contribution in [0.2, 0.25) is 0 Å². The first kappa shape index (κ1) is 11.2. The Morgan fingerprint density at radius 1 is 1.44 bits per heavy atom. The lowest BCUT2D eigenvalue weighted by molar-refractivity contribution is 0.430. The number of nitrogens with one attached hydrogen (secondary N) is 1. The quantitative estimate of drug-likeness (QED) is 0.882. The summed E-state index contributed by atoms with van der Waals surface area (Å²) < 4.78 is 5.27. The van der Waals surface area contributed by atoms with E-state index in [4.69, 9.17) is 4.42 Å². The van der Waals surface area contributed by atoms with Crippen molar-refractivity contribution in [2.24, 2.45) is 0 Å². The van der Waals surface area contributed by atoms with Crippen molar-refractivity contribution in [2.75, 3.05) is 0 Å². The van der Waals surface area contributed by atoms with Crippen molar-refractivity contribution in [1.82, 2.24) is 20.5 Å². The molecule has 0 aliphatic rings. The average molecular weight is 238 g/mol. The Bertz CT molecular complexity index is 465. The SMILES string of the molecule is Cc1nnc(CNC(C)c2ncc(C)s2)o1. The molecule has 2 aromatic heterocycles. The zero-order valence-corrected chi connectivity index (χ0v) is 10.3. The molecule has 0 saturated heterocycles. The largest absolute Gasteiger partial charge is 0.424 e. The standard InChI is InChI=1S/C10H14N4OS/c1-6-4-12-10(16-6)7(2)11-5-9-14-13-8(3)15-9/h4,7,11H,5H2,1-3H3. The molecule has 6 heteroatoms. The minimum atomic E-state index is 0.200. The van der Waals surface area contributed by atoms with Crippen LogP contribution in [0.4, 0.5) is 0 Å². The Kier molecular flexibility index (Phi) is 3.31. The fourth-order valence-corrected chi connectivity index (χ4v) is 2.11. The van der Waals surface area contributed by atoms with Crippen molar-refractivity contribution in [1.29, 1.82) is 0 Å². The molecule has 2 heterocycles. The summed E-state index contributed by atoms with van der Waals surface area (Å²) >= 11 is 1.70. The second-order valence-corrected chi connectivity index (χ2v) is 4.89. The van der Waals surface area contributed by atoms with E-state index in [1.807, 2.05) is 6.20 Å². The minimum absolute atomic E-state index is 0.200. The van der Waals surface area contributed by atoms with Gasteiger partial charge in [-0.1, -0.05) is 0 Å². The predicted molar refractivity (Wildman–Crippen MR) is 61.1 cm³/mol. The Labute approximate surface area is 97.9 Å². The van der Waals surface area contributed by atoms with Crippen LogP contribution in [-0.4, -0.2) is 15.2 Å². The molecule has 0 saturated carbocycles. The molecular formula is C10H14N4OS. The fourth-order valence-electron chi connectivity index (χ4n) is 1.31. The summed E-state index contributed by atoms with van der Waals surface area (Å²) in [6.07, 6.45) is 1.88. The summed E-state index contributed by atoms with van der Waals surface area (Å²) in [6, 6.07) is 0.200. The molecule has 16 heavy (non-hydrogen) atoms. The van der Waals surface area contributed by atoms with Crippen LogP contribution < -0.4 is 5.32 Å². The van der Waals surface area contributed by atoms with Gasteiger partial charge in [-0.15, -0.1) is 21.5 Å². The zero-order valence-electron chi connectivity index (χ0n) is 9.52. The highest BCUT2D eigenvalue weighted by molar-refractivity contribution is 7.11. The second-order valence-electron chi connectivity index (χ2n) is 3.63. The van der Waals surface area contributed by atoms with Gasteiger partial charge in [-0.2, -0.15) is 0 Å². The van der Waals surface area contributed by atoms with Crippen LogP contribution in [0.1, 0.15) is 34.6 Å². The van der Waals surface area contributed by atoms with Crippen molar-refractivity contribution in [3.8, 4) is 0 Å². The van der Waals surface area contributed by atoms with Gasteiger partial charge in [0, 0.05) is 18.0 Å². The molecule has 2 rings (SSSR count). The Balaban J connectivity index is 1.91. The van der Waals surface area contributed by atoms with Gasteiger partial charge >= 0.3 is 0 Å². The molecule has 2 aromatic rings. The second kappa shape index (κ2) is 4.71. The van der Waals surface area contributed by atoms with E-state index < -0.39 is 0 Å². The van der Waals surface area contributed by atoms with E-state index in [1.165, 1.54) is 4.88 Å². The maximum Gasteiger partial charge on any atom is 0.230 e. The lowest BCUT2D eigenvalue weighted by Crippen LogP contribution is -2.18. The van der Waals surface area contributed by atoms with Gasteiger partial charge in [0.1, 0.15) is 5.01 Å². The van der Waals surface area contributed by atoms with E-state index in [0.29, 0.717) is 18.3 Å². The van der Waals surface area contributed by atoms with E-state index in [1.54, 1.807) is 18.3 Å². The Morgan fingerprint density at radius 3 is 2.81 bits per heavy atom. The third-order valence-corrected chi connectivity index (χ3v) is 3.23. The van der Waals surface area contributed by atoms with Gasteiger partial charge in [0.2, 0.25) is 11.8 Å². The van der Waals surface area contributed by atoms with Gasteiger partial charge in [0.15, 0.2) is 0 Å². The number of hydrogen-bond donors (Lipinski definition) is 1. The van der Waals surface area contributed by atoms with Crippen LogP contribution in [0, 0.1) is 13.8 Å². The Hall–Kier alpha value is -1.27. The summed E-state index contributed by atoms with van der Waals surface area (Å²) in [6.45, 7) is 6.47. The molecule has 1 atom stereocenters. The van der Waals surface area contributed by atoms with Crippen molar-refractivity contribution in [3.63, 3.8) is 0 Å². The van der Waals surface area contributed by atoms with Crippen LogP contribution in [0.15, 0.2) is 10.6 Å². The number of aromatic nitrogens is 3. The van der Waals surface area contributed by atoms with E-state index in [9.17, 15) is 0 Å². The lowest BCUT2D eigenvalue weighted by Gasteiger charge is -2.08. The Morgan fingerprint density at radius 2 is 2.25 bits per heavy atom. The van der Waals surface area contributed by atoms with Gasteiger partial charge in [-0.05, 0) is 13.8 Å². The smallest absolute Gasteiger partial charge is 0.230 e. The van der Waals surface area contributed by atoms with Gasteiger partial charge in [-0.3, -0.25) is 5.32 Å². The fraction of sp³-hybridized carbons (Fsp3) is 0.500. The van der Waals surface area contributed by atoms with Crippen LogP contribution in [0.25, 0.3) is 0 Å².